The number of hydrogen-bond acceptors (Lipinski definition) is 4. The van der Waals surface area contributed by atoms with Gasteiger partial charge in [-0.25, -0.2) is 0 Å². The molecule has 0 spiro atoms. The van der Waals surface area contributed by atoms with Crippen molar-refractivity contribution in [2.45, 2.75) is 5.92 Å². The van der Waals surface area contributed by atoms with Crippen LogP contribution in [0.1, 0.15) is 11.5 Å². The summed E-state index contributed by atoms with van der Waals surface area (Å²) in [5.74, 6) is 0.901. The number of nitrogens with two attached hydrogens (primary N) is 1. The Labute approximate surface area is 106 Å². The molecule has 2 unspecified atom stereocenters. The van der Waals surface area contributed by atoms with Crippen LogP contribution in [0.25, 0.3) is 0 Å². The minimum absolute atomic E-state index is 0.0348. The minimum Gasteiger partial charge on any atom is -0.493 e. The molecule has 1 aromatic carbocycles. The third-order valence-electron chi connectivity index (χ3n) is 3.41. The van der Waals surface area contributed by atoms with Gasteiger partial charge in [0, 0.05) is 24.6 Å². The predicted octanol–water partition coefficient (Wildman–Crippen LogP) is 0.492. The Kier molecular flexibility index (Phi) is 3.72. The predicted molar refractivity (Wildman–Crippen MR) is 67.8 cm³/mol. The van der Waals surface area contributed by atoms with Crippen molar-refractivity contribution in [3.8, 4) is 11.5 Å². The van der Waals surface area contributed by atoms with Gasteiger partial charge in [-0.1, -0.05) is 12.1 Å². The van der Waals surface area contributed by atoms with Crippen LogP contribution < -0.4 is 20.5 Å². The van der Waals surface area contributed by atoms with E-state index in [0.29, 0.717) is 18.0 Å². The number of ether oxygens (including phenoxy) is 2. The molecule has 0 bridgehead atoms. The molecular weight excluding hydrogens is 232 g/mol. The fourth-order valence-electron chi connectivity index (χ4n) is 2.51. The van der Waals surface area contributed by atoms with Crippen LogP contribution in [0.4, 0.5) is 0 Å². The van der Waals surface area contributed by atoms with E-state index >= 15 is 0 Å². The number of primary amides is 1. The normalized spacial score (nSPS) is 22.8. The van der Waals surface area contributed by atoms with Crippen LogP contribution in [-0.4, -0.2) is 33.2 Å². The van der Waals surface area contributed by atoms with Crippen molar-refractivity contribution >= 4 is 5.91 Å². The van der Waals surface area contributed by atoms with Crippen LogP contribution in [0.15, 0.2) is 18.2 Å². The second-order valence-electron chi connectivity index (χ2n) is 4.36. The fraction of sp³-hybridized carbons (Fsp3) is 0.462. The average molecular weight is 250 g/mol. The van der Waals surface area contributed by atoms with Gasteiger partial charge in [0.15, 0.2) is 11.5 Å². The highest BCUT2D eigenvalue weighted by molar-refractivity contribution is 5.79. The maximum absolute atomic E-state index is 11.4. The Morgan fingerprint density at radius 2 is 2.11 bits per heavy atom. The molecule has 0 aromatic heterocycles. The van der Waals surface area contributed by atoms with Gasteiger partial charge in [-0.3, -0.25) is 4.79 Å². The zero-order valence-corrected chi connectivity index (χ0v) is 10.6. The molecule has 5 heteroatoms. The van der Waals surface area contributed by atoms with Crippen molar-refractivity contribution < 1.29 is 14.3 Å². The molecule has 3 N–H and O–H groups in total. The van der Waals surface area contributed by atoms with Crippen molar-refractivity contribution in [2.75, 3.05) is 27.3 Å². The number of benzene rings is 1. The summed E-state index contributed by atoms with van der Waals surface area (Å²) in [5, 5.41) is 3.19. The lowest BCUT2D eigenvalue weighted by Crippen LogP contribution is -2.28. The number of carbonyl (C=O) groups is 1. The van der Waals surface area contributed by atoms with E-state index in [4.69, 9.17) is 15.2 Å². The quantitative estimate of drug-likeness (QED) is 0.815. The second-order valence-corrected chi connectivity index (χ2v) is 4.36. The first kappa shape index (κ1) is 12.7. The van der Waals surface area contributed by atoms with Gasteiger partial charge >= 0.3 is 0 Å². The van der Waals surface area contributed by atoms with Crippen molar-refractivity contribution in [3.63, 3.8) is 0 Å². The number of rotatable bonds is 4. The molecule has 2 rings (SSSR count). The first-order valence-corrected chi connectivity index (χ1v) is 5.90. The SMILES string of the molecule is COc1cccc(C2CNCC2C(N)=O)c1OC. The number of methoxy groups -OCH3 is 2. The Hall–Kier alpha value is -1.75. The molecule has 18 heavy (non-hydrogen) atoms. The number of amides is 1. The molecule has 0 saturated carbocycles. The van der Waals surface area contributed by atoms with Gasteiger partial charge < -0.3 is 20.5 Å². The van der Waals surface area contributed by atoms with Crippen LogP contribution in [0, 0.1) is 5.92 Å². The molecule has 98 valence electrons. The van der Waals surface area contributed by atoms with Gasteiger partial charge in [-0.05, 0) is 6.07 Å². The third kappa shape index (κ3) is 2.13. The van der Waals surface area contributed by atoms with Crippen LogP contribution in [-0.2, 0) is 4.79 Å². The van der Waals surface area contributed by atoms with Gasteiger partial charge in [0.1, 0.15) is 0 Å². The summed E-state index contributed by atoms with van der Waals surface area (Å²) < 4.78 is 10.7. The molecule has 1 aliphatic rings. The van der Waals surface area contributed by atoms with Gasteiger partial charge in [0.05, 0.1) is 20.1 Å². The third-order valence-corrected chi connectivity index (χ3v) is 3.41. The molecule has 1 amide bonds. The maximum Gasteiger partial charge on any atom is 0.222 e. The summed E-state index contributed by atoms with van der Waals surface area (Å²) in [4.78, 5) is 11.4. The van der Waals surface area contributed by atoms with Gasteiger partial charge in [-0.15, -0.1) is 0 Å². The largest absolute Gasteiger partial charge is 0.493 e. The number of hydrogen-bond donors (Lipinski definition) is 2. The Bertz CT molecular complexity index is 448. The summed E-state index contributed by atoms with van der Waals surface area (Å²) in [5.41, 5.74) is 6.40. The Balaban J connectivity index is 2.41. The van der Waals surface area contributed by atoms with Crippen LogP contribution in [0.5, 0.6) is 11.5 Å². The standard InChI is InChI=1S/C13H18N2O3/c1-17-11-5-3-4-8(12(11)18-2)9-6-15-7-10(9)13(14)16/h3-5,9-10,15H,6-7H2,1-2H3,(H2,14,16). The topological polar surface area (TPSA) is 73.6 Å². The fourth-order valence-corrected chi connectivity index (χ4v) is 2.51. The first-order valence-electron chi connectivity index (χ1n) is 5.90. The summed E-state index contributed by atoms with van der Waals surface area (Å²) in [6.07, 6.45) is 0. The molecule has 1 saturated heterocycles. The smallest absolute Gasteiger partial charge is 0.222 e. The van der Waals surface area contributed by atoms with E-state index in [1.165, 1.54) is 0 Å². The molecule has 2 atom stereocenters. The second kappa shape index (κ2) is 5.27. The van der Waals surface area contributed by atoms with Gasteiger partial charge in [-0.2, -0.15) is 0 Å². The first-order chi connectivity index (χ1) is 8.69. The van der Waals surface area contributed by atoms with E-state index in [1.54, 1.807) is 14.2 Å². The van der Waals surface area contributed by atoms with E-state index < -0.39 is 0 Å². The molecule has 0 radical (unpaired) electrons. The van der Waals surface area contributed by atoms with Crippen LogP contribution >= 0.6 is 0 Å². The van der Waals surface area contributed by atoms with Crippen molar-refractivity contribution in [2.24, 2.45) is 11.7 Å². The van der Waals surface area contributed by atoms with Crippen molar-refractivity contribution in [3.05, 3.63) is 23.8 Å². The molecule has 1 aromatic rings. The molecular formula is C13H18N2O3. The monoisotopic (exact) mass is 250 g/mol. The summed E-state index contributed by atoms with van der Waals surface area (Å²) >= 11 is 0. The lowest BCUT2D eigenvalue weighted by atomic mass is 9.87. The lowest BCUT2D eigenvalue weighted by Gasteiger charge is -2.20. The molecule has 1 fully saturated rings. The Morgan fingerprint density at radius 1 is 1.33 bits per heavy atom. The number of carbonyl (C=O) groups excluding carboxylic acids is 1. The zero-order chi connectivity index (χ0) is 13.1. The summed E-state index contributed by atoms with van der Waals surface area (Å²) in [6.45, 7) is 1.33. The van der Waals surface area contributed by atoms with Gasteiger partial charge in [0.25, 0.3) is 0 Å². The van der Waals surface area contributed by atoms with E-state index in [-0.39, 0.29) is 17.7 Å². The number of nitrogens with one attached hydrogen (secondary N) is 1. The highest BCUT2D eigenvalue weighted by atomic mass is 16.5. The summed E-state index contributed by atoms with van der Waals surface area (Å²) in [6, 6.07) is 5.69. The number of para-hydroxylation sites is 1. The molecule has 1 heterocycles. The highest BCUT2D eigenvalue weighted by Gasteiger charge is 2.34. The lowest BCUT2D eigenvalue weighted by molar-refractivity contribution is -0.121. The van der Waals surface area contributed by atoms with E-state index in [0.717, 1.165) is 12.1 Å². The van der Waals surface area contributed by atoms with Crippen LogP contribution in [0.3, 0.4) is 0 Å². The summed E-state index contributed by atoms with van der Waals surface area (Å²) in [7, 11) is 3.20. The zero-order valence-electron chi connectivity index (χ0n) is 10.6. The van der Waals surface area contributed by atoms with E-state index in [9.17, 15) is 4.79 Å². The maximum atomic E-state index is 11.4. The van der Waals surface area contributed by atoms with Gasteiger partial charge in [0.2, 0.25) is 5.91 Å². The average Bonchev–Trinajstić information content (AvgIpc) is 2.86. The Morgan fingerprint density at radius 3 is 2.72 bits per heavy atom. The van der Waals surface area contributed by atoms with Crippen molar-refractivity contribution in [1.82, 2.24) is 5.32 Å². The van der Waals surface area contributed by atoms with E-state index in [1.807, 2.05) is 18.2 Å². The highest BCUT2D eigenvalue weighted by Crippen LogP contribution is 2.39. The van der Waals surface area contributed by atoms with E-state index in [2.05, 4.69) is 5.32 Å². The van der Waals surface area contributed by atoms with Crippen LogP contribution in [0.2, 0.25) is 0 Å². The van der Waals surface area contributed by atoms with Crippen molar-refractivity contribution in [1.29, 1.82) is 0 Å². The minimum atomic E-state index is -0.283. The molecule has 0 aliphatic carbocycles. The molecule has 5 nitrogen and oxygen atoms in total. The molecule has 1 aliphatic heterocycles.